The summed E-state index contributed by atoms with van der Waals surface area (Å²) in [5.41, 5.74) is 7.87. The normalized spacial score (nSPS) is 13.9. The number of allylic oxidation sites excluding steroid dienone is 1. The summed E-state index contributed by atoms with van der Waals surface area (Å²) in [4.78, 5) is 12.5. The second-order valence-electron chi connectivity index (χ2n) is 9.63. The molecule has 220 valence electrons. The summed E-state index contributed by atoms with van der Waals surface area (Å²) in [5, 5.41) is 10.7. The van der Waals surface area contributed by atoms with Crippen LogP contribution in [0, 0.1) is 11.3 Å². The lowest BCUT2D eigenvalue weighted by atomic mass is 9.83. The number of unbranched alkanes of at least 4 members (excludes halogenated alkanes) is 4. The number of hydrogen-bond donors (Lipinski definition) is 1. The SMILES string of the molecule is CCCCCCCOc1ccc(C2C(C#N)=C(N)Oc3cc(OC(=O)COc4ccc(Cl)cc4Cl)ccc32)cc1OC. The van der Waals surface area contributed by atoms with Crippen molar-refractivity contribution in [1.82, 2.24) is 0 Å². The van der Waals surface area contributed by atoms with Crippen molar-refractivity contribution in [1.29, 1.82) is 5.26 Å². The van der Waals surface area contributed by atoms with Gasteiger partial charge in [0, 0.05) is 16.7 Å². The summed E-state index contributed by atoms with van der Waals surface area (Å²) in [6.45, 7) is 2.40. The van der Waals surface area contributed by atoms with Crippen molar-refractivity contribution >= 4 is 29.2 Å². The number of halogens is 2. The third-order valence-electron chi connectivity index (χ3n) is 6.69. The zero-order chi connectivity index (χ0) is 30.1. The van der Waals surface area contributed by atoms with E-state index in [0.717, 1.165) is 18.4 Å². The van der Waals surface area contributed by atoms with Crippen LogP contribution in [0.5, 0.6) is 28.7 Å². The van der Waals surface area contributed by atoms with Gasteiger partial charge in [-0.15, -0.1) is 0 Å². The number of nitrogens with zero attached hydrogens (tertiary/aromatic N) is 1. The molecular weight excluding hydrogens is 579 g/mol. The van der Waals surface area contributed by atoms with Crippen LogP contribution in [0.1, 0.15) is 56.1 Å². The Hall–Kier alpha value is -4.06. The third-order valence-corrected chi connectivity index (χ3v) is 7.22. The van der Waals surface area contributed by atoms with E-state index in [9.17, 15) is 10.1 Å². The van der Waals surface area contributed by atoms with E-state index >= 15 is 0 Å². The number of fused-ring (bicyclic) bond motifs is 1. The molecule has 1 unspecified atom stereocenters. The van der Waals surface area contributed by atoms with E-state index in [-0.39, 0.29) is 28.8 Å². The van der Waals surface area contributed by atoms with E-state index in [0.29, 0.717) is 40.2 Å². The number of nitrogens with two attached hydrogens (primary N) is 1. The van der Waals surface area contributed by atoms with Gasteiger partial charge >= 0.3 is 5.97 Å². The molecule has 0 radical (unpaired) electrons. The van der Waals surface area contributed by atoms with Gasteiger partial charge in [0.25, 0.3) is 0 Å². The average Bonchev–Trinajstić information content (AvgIpc) is 2.97. The van der Waals surface area contributed by atoms with Gasteiger partial charge in [0.1, 0.15) is 28.9 Å². The molecule has 0 amide bonds. The molecule has 42 heavy (non-hydrogen) atoms. The van der Waals surface area contributed by atoms with E-state index in [1.54, 1.807) is 37.4 Å². The van der Waals surface area contributed by atoms with Gasteiger partial charge in [0.2, 0.25) is 5.88 Å². The van der Waals surface area contributed by atoms with Crippen LogP contribution >= 0.6 is 23.2 Å². The topological polar surface area (TPSA) is 113 Å². The average molecular weight is 612 g/mol. The Morgan fingerprint density at radius 3 is 2.50 bits per heavy atom. The van der Waals surface area contributed by atoms with Crippen LogP contribution in [0.15, 0.2) is 66.1 Å². The van der Waals surface area contributed by atoms with Gasteiger partial charge < -0.3 is 29.4 Å². The minimum Gasteiger partial charge on any atom is -0.493 e. The molecule has 8 nitrogen and oxygen atoms in total. The molecule has 1 heterocycles. The van der Waals surface area contributed by atoms with Crippen LogP contribution in [-0.4, -0.2) is 26.3 Å². The predicted molar refractivity (Wildman–Crippen MR) is 161 cm³/mol. The Labute approximate surface area is 255 Å². The van der Waals surface area contributed by atoms with Crippen LogP contribution in [0.4, 0.5) is 0 Å². The molecule has 0 fully saturated rings. The molecular formula is C32H32Cl2N2O6. The highest BCUT2D eigenvalue weighted by Gasteiger charge is 2.32. The molecule has 1 aliphatic heterocycles. The second-order valence-corrected chi connectivity index (χ2v) is 10.5. The molecule has 3 aromatic rings. The Bertz CT molecular complexity index is 1500. The highest BCUT2D eigenvalue weighted by atomic mass is 35.5. The molecule has 1 atom stereocenters. The summed E-state index contributed by atoms with van der Waals surface area (Å²) >= 11 is 12.0. The maximum absolute atomic E-state index is 12.5. The lowest BCUT2D eigenvalue weighted by molar-refractivity contribution is -0.136. The Morgan fingerprint density at radius 1 is 0.976 bits per heavy atom. The van der Waals surface area contributed by atoms with E-state index < -0.39 is 11.9 Å². The summed E-state index contributed by atoms with van der Waals surface area (Å²) in [6, 6.07) is 17.3. The van der Waals surface area contributed by atoms with Crippen LogP contribution < -0.4 is 29.4 Å². The number of rotatable bonds is 13. The fraction of sp³-hybridized carbons (Fsp3) is 0.312. The molecule has 3 aromatic carbocycles. The molecule has 0 saturated heterocycles. The van der Waals surface area contributed by atoms with Crippen molar-refractivity contribution in [3.05, 3.63) is 87.2 Å². The van der Waals surface area contributed by atoms with E-state index in [2.05, 4.69) is 13.0 Å². The zero-order valence-corrected chi connectivity index (χ0v) is 25.0. The van der Waals surface area contributed by atoms with Gasteiger partial charge in [-0.25, -0.2) is 4.79 Å². The first-order valence-electron chi connectivity index (χ1n) is 13.6. The van der Waals surface area contributed by atoms with Gasteiger partial charge in [-0.05, 0) is 48.4 Å². The van der Waals surface area contributed by atoms with Crippen molar-refractivity contribution in [2.75, 3.05) is 20.3 Å². The fourth-order valence-corrected chi connectivity index (χ4v) is 5.07. The molecule has 1 aliphatic rings. The molecule has 0 aromatic heterocycles. The minimum atomic E-state index is -0.653. The fourth-order valence-electron chi connectivity index (χ4n) is 4.60. The van der Waals surface area contributed by atoms with Gasteiger partial charge in [-0.2, -0.15) is 5.26 Å². The summed E-state index contributed by atoms with van der Waals surface area (Å²) < 4.78 is 28.3. The summed E-state index contributed by atoms with van der Waals surface area (Å²) in [7, 11) is 1.58. The first kappa shape index (κ1) is 30.9. The van der Waals surface area contributed by atoms with Crippen molar-refractivity contribution in [3.8, 4) is 34.8 Å². The Balaban J connectivity index is 1.50. The number of esters is 1. The molecule has 0 bridgehead atoms. The number of hydrogen-bond acceptors (Lipinski definition) is 8. The lowest BCUT2D eigenvalue weighted by Crippen LogP contribution is -2.22. The molecule has 0 aliphatic carbocycles. The standard InChI is InChI=1S/C32H32Cl2N2O6/c1-3-4-5-6-7-14-39-27-12-8-20(15-29(27)38-2)31-23-11-10-22(17-28(23)42-32(36)24(31)18-35)41-30(37)19-40-26-13-9-21(33)16-25(26)34/h8-13,15-17,31H,3-7,14,19,36H2,1-2H3. The van der Waals surface area contributed by atoms with Gasteiger partial charge in [0.15, 0.2) is 18.1 Å². The van der Waals surface area contributed by atoms with Gasteiger partial charge in [-0.3, -0.25) is 0 Å². The maximum Gasteiger partial charge on any atom is 0.349 e. The minimum absolute atomic E-state index is 0.0365. The number of carbonyl (C=O) groups is 1. The summed E-state index contributed by atoms with van der Waals surface area (Å²) in [5.74, 6) is 0.837. The van der Waals surface area contributed by atoms with Crippen molar-refractivity contribution in [2.24, 2.45) is 5.73 Å². The van der Waals surface area contributed by atoms with Gasteiger partial charge in [-0.1, -0.05) is 67.9 Å². The van der Waals surface area contributed by atoms with Crippen LogP contribution in [0.25, 0.3) is 0 Å². The Morgan fingerprint density at radius 2 is 1.76 bits per heavy atom. The number of benzene rings is 3. The quantitative estimate of drug-likeness (QED) is 0.120. The maximum atomic E-state index is 12.5. The van der Waals surface area contributed by atoms with Crippen molar-refractivity contribution in [3.63, 3.8) is 0 Å². The number of methoxy groups -OCH3 is 1. The van der Waals surface area contributed by atoms with Crippen LogP contribution in [-0.2, 0) is 4.79 Å². The lowest BCUT2D eigenvalue weighted by Gasteiger charge is -2.27. The van der Waals surface area contributed by atoms with E-state index in [4.69, 9.17) is 52.6 Å². The van der Waals surface area contributed by atoms with E-state index in [1.807, 2.05) is 18.2 Å². The number of ether oxygens (including phenoxy) is 5. The first-order valence-corrected chi connectivity index (χ1v) is 14.4. The summed E-state index contributed by atoms with van der Waals surface area (Å²) in [6.07, 6.45) is 5.68. The number of carbonyl (C=O) groups excluding carboxylic acids is 1. The molecule has 2 N–H and O–H groups in total. The Kier molecular flexibility index (Phi) is 10.8. The predicted octanol–water partition coefficient (Wildman–Crippen LogP) is 7.55. The largest absolute Gasteiger partial charge is 0.493 e. The number of nitriles is 1. The van der Waals surface area contributed by atoms with E-state index in [1.165, 1.54) is 25.3 Å². The highest BCUT2D eigenvalue weighted by Crippen LogP contribution is 2.45. The molecule has 0 spiro atoms. The third kappa shape index (κ3) is 7.61. The van der Waals surface area contributed by atoms with Crippen molar-refractivity contribution in [2.45, 2.75) is 44.9 Å². The highest BCUT2D eigenvalue weighted by molar-refractivity contribution is 6.35. The molecule has 4 rings (SSSR count). The molecule has 0 saturated carbocycles. The van der Waals surface area contributed by atoms with Gasteiger partial charge in [0.05, 0.1) is 24.7 Å². The molecule has 10 heteroatoms. The first-order chi connectivity index (χ1) is 20.3. The van der Waals surface area contributed by atoms with Crippen LogP contribution in [0.3, 0.4) is 0 Å². The van der Waals surface area contributed by atoms with Crippen molar-refractivity contribution < 1.29 is 28.5 Å². The second kappa shape index (κ2) is 14.7. The van der Waals surface area contributed by atoms with Crippen LogP contribution in [0.2, 0.25) is 10.0 Å². The smallest absolute Gasteiger partial charge is 0.349 e. The monoisotopic (exact) mass is 610 g/mol. The zero-order valence-electron chi connectivity index (χ0n) is 23.5.